The molecule has 0 aromatic rings. The SMILES string of the molecule is CCC1CCCCC1NC(COC)C1CC1. The number of nitrogens with one attached hydrogen (secondary N) is 1. The Balaban J connectivity index is 1.84. The van der Waals surface area contributed by atoms with Crippen molar-refractivity contribution in [1.29, 1.82) is 0 Å². The van der Waals surface area contributed by atoms with E-state index in [2.05, 4.69) is 12.2 Å². The minimum absolute atomic E-state index is 0.627. The highest BCUT2D eigenvalue weighted by Gasteiger charge is 2.34. The van der Waals surface area contributed by atoms with Gasteiger partial charge in [-0.05, 0) is 37.5 Å². The summed E-state index contributed by atoms with van der Waals surface area (Å²) in [6.45, 7) is 3.24. The smallest absolute Gasteiger partial charge is 0.0618 e. The zero-order valence-corrected chi connectivity index (χ0v) is 10.9. The van der Waals surface area contributed by atoms with E-state index < -0.39 is 0 Å². The van der Waals surface area contributed by atoms with Crippen molar-refractivity contribution < 1.29 is 4.74 Å². The van der Waals surface area contributed by atoms with E-state index in [1.807, 2.05) is 7.11 Å². The average molecular weight is 225 g/mol. The van der Waals surface area contributed by atoms with Gasteiger partial charge in [0, 0.05) is 19.2 Å². The summed E-state index contributed by atoms with van der Waals surface area (Å²) in [5, 5.41) is 3.89. The molecule has 0 aromatic carbocycles. The van der Waals surface area contributed by atoms with Crippen LogP contribution in [0.25, 0.3) is 0 Å². The van der Waals surface area contributed by atoms with Gasteiger partial charge in [0.05, 0.1) is 6.61 Å². The molecule has 0 radical (unpaired) electrons. The van der Waals surface area contributed by atoms with Gasteiger partial charge in [-0.25, -0.2) is 0 Å². The van der Waals surface area contributed by atoms with Crippen LogP contribution in [0.2, 0.25) is 0 Å². The maximum absolute atomic E-state index is 5.35. The highest BCUT2D eigenvalue weighted by Crippen LogP contribution is 2.35. The standard InChI is InChI=1S/C14H27NO/c1-3-11-6-4-5-7-13(11)15-14(10-16-2)12-8-9-12/h11-15H,3-10H2,1-2H3. The van der Waals surface area contributed by atoms with E-state index in [9.17, 15) is 0 Å². The third-order valence-corrected chi connectivity index (χ3v) is 4.40. The van der Waals surface area contributed by atoms with Crippen molar-refractivity contribution in [3.63, 3.8) is 0 Å². The van der Waals surface area contributed by atoms with E-state index in [0.717, 1.165) is 24.5 Å². The fraction of sp³-hybridized carbons (Fsp3) is 1.00. The van der Waals surface area contributed by atoms with E-state index in [1.165, 1.54) is 44.9 Å². The summed E-state index contributed by atoms with van der Waals surface area (Å²) in [5.41, 5.74) is 0. The molecule has 0 bridgehead atoms. The quantitative estimate of drug-likeness (QED) is 0.750. The molecule has 16 heavy (non-hydrogen) atoms. The van der Waals surface area contributed by atoms with Crippen molar-refractivity contribution in [2.45, 2.75) is 64.0 Å². The first-order valence-electron chi connectivity index (χ1n) is 7.10. The maximum atomic E-state index is 5.35. The van der Waals surface area contributed by atoms with Gasteiger partial charge < -0.3 is 10.1 Å². The van der Waals surface area contributed by atoms with Gasteiger partial charge in [-0.1, -0.05) is 26.2 Å². The molecule has 2 aliphatic rings. The molecule has 0 aliphatic heterocycles. The molecule has 2 nitrogen and oxygen atoms in total. The number of hydrogen-bond donors (Lipinski definition) is 1. The third-order valence-electron chi connectivity index (χ3n) is 4.40. The first-order valence-corrected chi connectivity index (χ1v) is 7.10. The van der Waals surface area contributed by atoms with Crippen molar-refractivity contribution in [2.24, 2.45) is 11.8 Å². The Labute approximate surface area is 100 Å². The minimum Gasteiger partial charge on any atom is -0.383 e. The Morgan fingerprint density at radius 2 is 1.94 bits per heavy atom. The predicted molar refractivity (Wildman–Crippen MR) is 67.6 cm³/mol. The van der Waals surface area contributed by atoms with Crippen LogP contribution in [0.15, 0.2) is 0 Å². The predicted octanol–water partition coefficient (Wildman–Crippen LogP) is 2.97. The molecular formula is C14H27NO. The number of ether oxygens (including phenoxy) is 1. The summed E-state index contributed by atoms with van der Waals surface area (Å²) in [5.74, 6) is 1.81. The van der Waals surface area contributed by atoms with Crippen molar-refractivity contribution in [3.8, 4) is 0 Å². The van der Waals surface area contributed by atoms with Crippen molar-refractivity contribution in [1.82, 2.24) is 5.32 Å². The van der Waals surface area contributed by atoms with Crippen LogP contribution in [-0.4, -0.2) is 25.8 Å². The third kappa shape index (κ3) is 3.21. The van der Waals surface area contributed by atoms with Gasteiger partial charge in [0.25, 0.3) is 0 Å². The topological polar surface area (TPSA) is 21.3 Å². The molecular weight excluding hydrogens is 198 g/mol. The lowest BCUT2D eigenvalue weighted by Crippen LogP contribution is -2.47. The van der Waals surface area contributed by atoms with Gasteiger partial charge in [0.1, 0.15) is 0 Å². The fourth-order valence-corrected chi connectivity index (χ4v) is 3.19. The van der Waals surface area contributed by atoms with Crippen LogP contribution in [0.5, 0.6) is 0 Å². The van der Waals surface area contributed by atoms with E-state index in [-0.39, 0.29) is 0 Å². The second kappa shape index (κ2) is 6.02. The lowest BCUT2D eigenvalue weighted by atomic mass is 9.82. The molecule has 3 unspecified atom stereocenters. The Kier molecular flexibility index (Phi) is 4.66. The molecule has 0 heterocycles. The molecule has 2 aliphatic carbocycles. The average Bonchev–Trinajstić information content (AvgIpc) is 3.13. The monoisotopic (exact) mass is 225 g/mol. The van der Waals surface area contributed by atoms with Gasteiger partial charge in [-0.2, -0.15) is 0 Å². The maximum Gasteiger partial charge on any atom is 0.0618 e. The minimum atomic E-state index is 0.627. The zero-order chi connectivity index (χ0) is 11.4. The molecule has 2 heteroatoms. The summed E-state index contributed by atoms with van der Waals surface area (Å²) in [4.78, 5) is 0. The summed E-state index contributed by atoms with van der Waals surface area (Å²) < 4.78 is 5.35. The molecule has 2 saturated carbocycles. The Bertz CT molecular complexity index is 203. The van der Waals surface area contributed by atoms with Crippen LogP contribution < -0.4 is 5.32 Å². The molecule has 94 valence electrons. The van der Waals surface area contributed by atoms with Crippen molar-refractivity contribution >= 4 is 0 Å². The number of methoxy groups -OCH3 is 1. The van der Waals surface area contributed by atoms with Crippen molar-refractivity contribution in [2.75, 3.05) is 13.7 Å². The molecule has 0 spiro atoms. The van der Waals surface area contributed by atoms with Crippen molar-refractivity contribution in [3.05, 3.63) is 0 Å². The van der Waals surface area contributed by atoms with E-state index in [1.54, 1.807) is 0 Å². The van der Waals surface area contributed by atoms with Crippen LogP contribution in [0.3, 0.4) is 0 Å². The molecule has 2 fully saturated rings. The molecule has 3 atom stereocenters. The Hall–Kier alpha value is -0.0800. The zero-order valence-electron chi connectivity index (χ0n) is 10.9. The van der Waals surface area contributed by atoms with Crippen LogP contribution in [0.1, 0.15) is 51.9 Å². The highest BCUT2D eigenvalue weighted by molar-refractivity contribution is 4.91. The summed E-state index contributed by atoms with van der Waals surface area (Å²) in [6.07, 6.45) is 9.81. The van der Waals surface area contributed by atoms with Crippen LogP contribution in [-0.2, 0) is 4.74 Å². The van der Waals surface area contributed by atoms with Crippen LogP contribution in [0.4, 0.5) is 0 Å². The van der Waals surface area contributed by atoms with E-state index in [0.29, 0.717) is 6.04 Å². The molecule has 0 saturated heterocycles. The molecule has 1 N–H and O–H groups in total. The summed E-state index contributed by atoms with van der Waals surface area (Å²) >= 11 is 0. The second-order valence-corrected chi connectivity index (χ2v) is 5.63. The van der Waals surface area contributed by atoms with Gasteiger partial charge in [0.2, 0.25) is 0 Å². The summed E-state index contributed by atoms with van der Waals surface area (Å²) in [6, 6.07) is 1.39. The molecule has 0 aromatic heterocycles. The first kappa shape index (κ1) is 12.4. The largest absolute Gasteiger partial charge is 0.383 e. The lowest BCUT2D eigenvalue weighted by Gasteiger charge is -2.34. The highest BCUT2D eigenvalue weighted by atomic mass is 16.5. The lowest BCUT2D eigenvalue weighted by molar-refractivity contribution is 0.134. The second-order valence-electron chi connectivity index (χ2n) is 5.63. The number of rotatable bonds is 6. The fourth-order valence-electron chi connectivity index (χ4n) is 3.19. The van der Waals surface area contributed by atoms with Crippen LogP contribution >= 0.6 is 0 Å². The van der Waals surface area contributed by atoms with Gasteiger partial charge in [-0.15, -0.1) is 0 Å². The molecule has 0 amide bonds. The Morgan fingerprint density at radius 1 is 1.19 bits per heavy atom. The van der Waals surface area contributed by atoms with Gasteiger partial charge >= 0.3 is 0 Å². The first-order chi connectivity index (χ1) is 7.85. The summed E-state index contributed by atoms with van der Waals surface area (Å²) in [7, 11) is 1.83. The van der Waals surface area contributed by atoms with E-state index in [4.69, 9.17) is 4.74 Å². The van der Waals surface area contributed by atoms with E-state index >= 15 is 0 Å². The van der Waals surface area contributed by atoms with Gasteiger partial charge in [-0.3, -0.25) is 0 Å². The molecule has 2 rings (SSSR count). The van der Waals surface area contributed by atoms with Crippen LogP contribution in [0, 0.1) is 11.8 Å². The number of hydrogen-bond acceptors (Lipinski definition) is 2. The normalized spacial score (nSPS) is 32.6. The Morgan fingerprint density at radius 3 is 2.56 bits per heavy atom. The van der Waals surface area contributed by atoms with Gasteiger partial charge in [0.15, 0.2) is 0 Å².